The first kappa shape index (κ1) is 20.9. The van der Waals surface area contributed by atoms with Crippen molar-refractivity contribution in [3.8, 4) is 0 Å². The second-order valence-electron chi connectivity index (χ2n) is 5.84. The van der Waals surface area contributed by atoms with Gasteiger partial charge in [-0.3, -0.25) is 9.52 Å². The standard InChI is InChI=1S/C20H15Cl2N3O3S/c21-18-8-4-5-15(19(18)22)13-23-24-20(26)14-9-11-16(12-10-14)25-29(27,28)17-6-2-1-3-7-17/h1-13,25H,(H,24,26)/b23-13+. The molecule has 3 aromatic rings. The number of rotatable bonds is 6. The second-order valence-corrected chi connectivity index (χ2v) is 8.31. The highest BCUT2D eigenvalue weighted by Gasteiger charge is 2.13. The molecule has 0 aromatic heterocycles. The van der Waals surface area contributed by atoms with Gasteiger partial charge in [0.15, 0.2) is 0 Å². The van der Waals surface area contributed by atoms with Crippen LogP contribution < -0.4 is 10.1 Å². The normalized spacial score (nSPS) is 11.4. The fraction of sp³-hybridized carbons (Fsp3) is 0. The number of nitrogens with one attached hydrogen (secondary N) is 2. The summed E-state index contributed by atoms with van der Waals surface area (Å²) in [4.78, 5) is 12.3. The lowest BCUT2D eigenvalue weighted by Crippen LogP contribution is -2.18. The molecular weight excluding hydrogens is 433 g/mol. The molecule has 148 valence electrons. The van der Waals surface area contributed by atoms with E-state index in [-0.39, 0.29) is 4.90 Å². The van der Waals surface area contributed by atoms with E-state index in [1.807, 2.05) is 0 Å². The summed E-state index contributed by atoms with van der Waals surface area (Å²) in [5, 5.41) is 4.58. The molecule has 0 saturated heterocycles. The number of carbonyl (C=O) groups is 1. The lowest BCUT2D eigenvalue weighted by molar-refractivity contribution is 0.0955. The van der Waals surface area contributed by atoms with Crippen LogP contribution in [0.4, 0.5) is 5.69 Å². The Kier molecular flexibility index (Phi) is 6.53. The molecule has 0 fully saturated rings. The van der Waals surface area contributed by atoms with Crippen LogP contribution >= 0.6 is 23.2 Å². The number of hydrogen-bond donors (Lipinski definition) is 2. The highest BCUT2D eigenvalue weighted by atomic mass is 35.5. The second kappa shape index (κ2) is 9.09. The van der Waals surface area contributed by atoms with Crippen molar-refractivity contribution in [2.24, 2.45) is 5.10 Å². The fourth-order valence-electron chi connectivity index (χ4n) is 2.35. The molecule has 0 saturated carbocycles. The molecule has 9 heteroatoms. The zero-order valence-corrected chi connectivity index (χ0v) is 17.2. The number of carbonyl (C=O) groups excluding carboxylic acids is 1. The van der Waals surface area contributed by atoms with Gasteiger partial charge in [-0.2, -0.15) is 5.10 Å². The number of hydrogen-bond acceptors (Lipinski definition) is 4. The Bertz CT molecular complexity index is 1150. The average molecular weight is 448 g/mol. The summed E-state index contributed by atoms with van der Waals surface area (Å²) >= 11 is 12.0. The Morgan fingerprint density at radius 3 is 2.28 bits per heavy atom. The van der Waals surface area contributed by atoms with Gasteiger partial charge in [0.25, 0.3) is 15.9 Å². The highest BCUT2D eigenvalue weighted by molar-refractivity contribution is 7.92. The first-order chi connectivity index (χ1) is 13.9. The number of sulfonamides is 1. The van der Waals surface area contributed by atoms with Crippen LogP contribution in [0.5, 0.6) is 0 Å². The predicted molar refractivity (Wildman–Crippen MR) is 115 cm³/mol. The Morgan fingerprint density at radius 1 is 0.897 bits per heavy atom. The minimum atomic E-state index is -3.70. The molecule has 0 aliphatic carbocycles. The van der Waals surface area contributed by atoms with Crippen LogP contribution in [0.3, 0.4) is 0 Å². The summed E-state index contributed by atoms with van der Waals surface area (Å²) in [6.07, 6.45) is 1.38. The van der Waals surface area contributed by atoms with Gasteiger partial charge in [-0.15, -0.1) is 0 Å². The van der Waals surface area contributed by atoms with Crippen molar-refractivity contribution >= 4 is 51.0 Å². The minimum absolute atomic E-state index is 0.149. The van der Waals surface area contributed by atoms with Crippen LogP contribution in [0.25, 0.3) is 0 Å². The van der Waals surface area contributed by atoms with E-state index in [1.165, 1.54) is 42.6 Å². The van der Waals surface area contributed by atoms with E-state index in [1.54, 1.807) is 36.4 Å². The molecule has 3 rings (SSSR count). The fourth-order valence-corrected chi connectivity index (χ4v) is 3.78. The summed E-state index contributed by atoms with van der Waals surface area (Å²) in [6.45, 7) is 0. The zero-order valence-electron chi connectivity index (χ0n) is 14.8. The van der Waals surface area contributed by atoms with Gasteiger partial charge in [-0.05, 0) is 42.5 Å². The van der Waals surface area contributed by atoms with E-state index in [0.717, 1.165) is 0 Å². The van der Waals surface area contributed by atoms with Crippen molar-refractivity contribution in [3.63, 3.8) is 0 Å². The molecule has 0 aliphatic rings. The molecule has 1 amide bonds. The Balaban J connectivity index is 1.64. The van der Waals surface area contributed by atoms with Crippen LogP contribution in [0.15, 0.2) is 82.8 Å². The Morgan fingerprint density at radius 2 is 1.59 bits per heavy atom. The van der Waals surface area contributed by atoms with Gasteiger partial charge < -0.3 is 0 Å². The summed E-state index contributed by atoms with van der Waals surface area (Å²) < 4.78 is 27.1. The van der Waals surface area contributed by atoms with E-state index >= 15 is 0 Å². The van der Waals surface area contributed by atoms with Crippen molar-refractivity contribution < 1.29 is 13.2 Å². The number of amides is 1. The molecule has 0 radical (unpaired) electrons. The first-order valence-corrected chi connectivity index (χ1v) is 10.6. The van der Waals surface area contributed by atoms with Gasteiger partial charge in [0, 0.05) is 16.8 Å². The molecule has 3 aromatic carbocycles. The maximum Gasteiger partial charge on any atom is 0.271 e. The number of benzene rings is 3. The predicted octanol–water partition coefficient (Wildman–Crippen LogP) is 4.56. The topological polar surface area (TPSA) is 87.6 Å². The lowest BCUT2D eigenvalue weighted by Gasteiger charge is -2.08. The molecule has 0 aliphatic heterocycles. The summed E-state index contributed by atoms with van der Waals surface area (Å²) in [6, 6.07) is 19.0. The smallest absolute Gasteiger partial charge is 0.271 e. The van der Waals surface area contributed by atoms with Gasteiger partial charge in [-0.25, -0.2) is 13.8 Å². The van der Waals surface area contributed by atoms with Crippen molar-refractivity contribution in [1.29, 1.82) is 0 Å². The maximum absolute atomic E-state index is 12.3. The summed E-state index contributed by atoms with van der Waals surface area (Å²) in [5.74, 6) is -0.461. The monoisotopic (exact) mass is 447 g/mol. The van der Waals surface area contributed by atoms with E-state index in [0.29, 0.717) is 26.9 Å². The first-order valence-electron chi connectivity index (χ1n) is 8.32. The number of anilines is 1. The van der Waals surface area contributed by atoms with E-state index in [4.69, 9.17) is 23.2 Å². The van der Waals surface area contributed by atoms with E-state index < -0.39 is 15.9 Å². The Hall–Kier alpha value is -2.87. The van der Waals surface area contributed by atoms with Gasteiger partial charge in [-0.1, -0.05) is 53.5 Å². The summed E-state index contributed by atoms with van der Waals surface area (Å²) in [5.41, 5.74) is 3.58. The molecular formula is C20H15Cl2N3O3S. The minimum Gasteiger partial charge on any atom is -0.280 e. The SMILES string of the molecule is O=C(N/N=C/c1cccc(Cl)c1Cl)c1ccc(NS(=O)(=O)c2ccccc2)cc1. The van der Waals surface area contributed by atoms with Crippen molar-refractivity contribution in [3.05, 3.63) is 94.0 Å². The highest BCUT2D eigenvalue weighted by Crippen LogP contribution is 2.24. The van der Waals surface area contributed by atoms with Gasteiger partial charge in [0.1, 0.15) is 0 Å². The maximum atomic E-state index is 12.3. The van der Waals surface area contributed by atoms with Crippen LogP contribution in [0.1, 0.15) is 15.9 Å². The van der Waals surface area contributed by atoms with Gasteiger partial charge >= 0.3 is 0 Å². The average Bonchev–Trinajstić information content (AvgIpc) is 2.72. The molecule has 0 unspecified atom stereocenters. The molecule has 0 spiro atoms. The molecule has 0 bridgehead atoms. The summed E-state index contributed by atoms with van der Waals surface area (Å²) in [7, 11) is -3.70. The third-order valence-corrected chi connectivity index (χ3v) is 6.03. The van der Waals surface area contributed by atoms with Crippen molar-refractivity contribution in [1.82, 2.24) is 5.43 Å². The van der Waals surface area contributed by atoms with Crippen molar-refractivity contribution in [2.75, 3.05) is 4.72 Å². The number of nitrogens with zero attached hydrogens (tertiary/aromatic N) is 1. The molecule has 0 atom stereocenters. The molecule has 0 heterocycles. The van der Waals surface area contributed by atoms with Gasteiger partial charge in [0.2, 0.25) is 0 Å². The molecule has 29 heavy (non-hydrogen) atoms. The lowest BCUT2D eigenvalue weighted by atomic mass is 10.2. The third kappa shape index (κ3) is 5.35. The molecule has 2 N–H and O–H groups in total. The largest absolute Gasteiger partial charge is 0.280 e. The van der Waals surface area contributed by atoms with E-state index in [9.17, 15) is 13.2 Å². The van der Waals surface area contributed by atoms with Crippen LogP contribution in [-0.2, 0) is 10.0 Å². The Labute approximate surface area is 178 Å². The van der Waals surface area contributed by atoms with Crippen LogP contribution in [0.2, 0.25) is 10.0 Å². The van der Waals surface area contributed by atoms with Crippen LogP contribution in [-0.4, -0.2) is 20.5 Å². The van der Waals surface area contributed by atoms with E-state index in [2.05, 4.69) is 15.2 Å². The number of hydrazone groups is 1. The number of halogens is 2. The zero-order chi connectivity index (χ0) is 20.9. The van der Waals surface area contributed by atoms with Gasteiger partial charge in [0.05, 0.1) is 21.2 Å². The molecule has 6 nitrogen and oxygen atoms in total. The van der Waals surface area contributed by atoms with Crippen LogP contribution in [0, 0.1) is 0 Å². The quantitative estimate of drug-likeness (QED) is 0.428. The third-order valence-electron chi connectivity index (χ3n) is 3.80. The van der Waals surface area contributed by atoms with Crippen molar-refractivity contribution in [2.45, 2.75) is 4.90 Å².